The summed E-state index contributed by atoms with van der Waals surface area (Å²) in [7, 11) is 0. The van der Waals surface area contributed by atoms with Crippen molar-refractivity contribution in [2.75, 3.05) is 19.7 Å². The number of nitrogens with one attached hydrogen (secondary N) is 1. The Bertz CT molecular complexity index is 291. The molecule has 0 radical (unpaired) electrons. The first kappa shape index (κ1) is 10.7. The van der Waals surface area contributed by atoms with Gasteiger partial charge in [0, 0.05) is 12.0 Å². The molecule has 1 unspecified atom stereocenters. The van der Waals surface area contributed by atoms with Crippen molar-refractivity contribution >= 4 is 0 Å². The van der Waals surface area contributed by atoms with Crippen LogP contribution in [0.3, 0.4) is 0 Å². The lowest BCUT2D eigenvalue weighted by molar-refractivity contribution is 0.0520. The summed E-state index contributed by atoms with van der Waals surface area (Å²) >= 11 is 0. The molecule has 1 aliphatic rings. The molecule has 0 saturated carbocycles. The van der Waals surface area contributed by atoms with E-state index in [1.54, 1.807) is 0 Å². The second kappa shape index (κ2) is 4.77. The number of ether oxygens (including phenoxy) is 1. The number of hydrogen-bond donors (Lipinski definition) is 1. The Labute approximate surface area is 91.6 Å². The van der Waals surface area contributed by atoms with E-state index in [1.165, 1.54) is 12.0 Å². The molecule has 1 aromatic carbocycles. The zero-order valence-corrected chi connectivity index (χ0v) is 9.33. The first-order chi connectivity index (χ1) is 7.29. The highest BCUT2D eigenvalue weighted by Gasteiger charge is 2.28. The molecule has 0 spiro atoms. The fourth-order valence-electron chi connectivity index (χ4n) is 1.98. The minimum absolute atomic E-state index is 0.342. The van der Waals surface area contributed by atoms with E-state index in [-0.39, 0.29) is 0 Å². The first-order valence-electron chi connectivity index (χ1n) is 5.61. The molecule has 2 heteroatoms. The molecule has 1 N–H and O–H groups in total. The van der Waals surface area contributed by atoms with Gasteiger partial charge in [0.1, 0.15) is 0 Å². The van der Waals surface area contributed by atoms with Crippen LogP contribution in [0.5, 0.6) is 0 Å². The molecule has 1 heterocycles. The van der Waals surface area contributed by atoms with Gasteiger partial charge in [0.2, 0.25) is 0 Å². The van der Waals surface area contributed by atoms with Gasteiger partial charge in [-0.05, 0) is 18.5 Å². The van der Waals surface area contributed by atoms with Gasteiger partial charge in [-0.3, -0.25) is 0 Å². The van der Waals surface area contributed by atoms with E-state index in [0.29, 0.717) is 5.41 Å². The largest absolute Gasteiger partial charge is 0.376 e. The van der Waals surface area contributed by atoms with E-state index in [0.717, 1.165) is 26.3 Å². The van der Waals surface area contributed by atoms with E-state index < -0.39 is 0 Å². The Morgan fingerprint density at radius 3 is 2.80 bits per heavy atom. The van der Waals surface area contributed by atoms with Crippen molar-refractivity contribution in [3.05, 3.63) is 35.9 Å². The first-order valence-corrected chi connectivity index (χ1v) is 5.61. The Kier molecular flexibility index (Phi) is 3.39. The summed E-state index contributed by atoms with van der Waals surface area (Å²) in [4.78, 5) is 0. The summed E-state index contributed by atoms with van der Waals surface area (Å²) in [5.41, 5.74) is 1.60. The smallest absolute Gasteiger partial charge is 0.0717 e. The number of hydrogen-bond acceptors (Lipinski definition) is 2. The van der Waals surface area contributed by atoms with Crippen LogP contribution in [0.25, 0.3) is 0 Å². The molecule has 1 atom stereocenters. The fourth-order valence-corrected chi connectivity index (χ4v) is 1.98. The molecule has 1 fully saturated rings. The van der Waals surface area contributed by atoms with Crippen LogP contribution in [-0.4, -0.2) is 19.7 Å². The van der Waals surface area contributed by atoms with Gasteiger partial charge < -0.3 is 10.1 Å². The Morgan fingerprint density at radius 1 is 1.33 bits per heavy atom. The van der Waals surface area contributed by atoms with Crippen molar-refractivity contribution in [2.45, 2.75) is 20.0 Å². The van der Waals surface area contributed by atoms with Crippen molar-refractivity contribution in [1.29, 1.82) is 0 Å². The van der Waals surface area contributed by atoms with Crippen molar-refractivity contribution in [3.8, 4) is 0 Å². The molecule has 0 aliphatic carbocycles. The average Bonchev–Trinajstić information content (AvgIpc) is 2.67. The van der Waals surface area contributed by atoms with E-state index in [9.17, 15) is 0 Å². The molecule has 82 valence electrons. The van der Waals surface area contributed by atoms with Gasteiger partial charge >= 0.3 is 0 Å². The molecular formula is C13H19NO. The molecule has 2 nitrogen and oxygen atoms in total. The second-order valence-electron chi connectivity index (χ2n) is 4.72. The standard InChI is InChI=1S/C13H19NO/c1-13(7-8-14-10-13)11-15-9-12-5-3-2-4-6-12/h2-6,14H,7-11H2,1H3. The van der Waals surface area contributed by atoms with Crippen molar-refractivity contribution < 1.29 is 4.74 Å². The molecule has 1 saturated heterocycles. The molecule has 15 heavy (non-hydrogen) atoms. The third-order valence-electron chi connectivity index (χ3n) is 3.02. The summed E-state index contributed by atoms with van der Waals surface area (Å²) in [5.74, 6) is 0. The highest BCUT2D eigenvalue weighted by Crippen LogP contribution is 2.24. The van der Waals surface area contributed by atoms with E-state index >= 15 is 0 Å². The monoisotopic (exact) mass is 205 g/mol. The van der Waals surface area contributed by atoms with Gasteiger partial charge in [0.05, 0.1) is 13.2 Å². The van der Waals surface area contributed by atoms with Crippen LogP contribution >= 0.6 is 0 Å². The summed E-state index contributed by atoms with van der Waals surface area (Å²) in [6.07, 6.45) is 1.22. The van der Waals surface area contributed by atoms with Crippen molar-refractivity contribution in [2.24, 2.45) is 5.41 Å². The van der Waals surface area contributed by atoms with Crippen LogP contribution in [-0.2, 0) is 11.3 Å². The van der Waals surface area contributed by atoms with E-state index in [1.807, 2.05) is 6.07 Å². The summed E-state index contributed by atoms with van der Waals surface area (Å²) in [6, 6.07) is 10.4. The summed E-state index contributed by atoms with van der Waals surface area (Å²) < 4.78 is 5.77. The van der Waals surface area contributed by atoms with Crippen LogP contribution in [0.4, 0.5) is 0 Å². The molecule has 1 aromatic rings. The van der Waals surface area contributed by atoms with Crippen LogP contribution < -0.4 is 5.32 Å². The maximum Gasteiger partial charge on any atom is 0.0717 e. The molecule has 0 aromatic heterocycles. The predicted octanol–water partition coefficient (Wildman–Crippen LogP) is 2.20. The third kappa shape index (κ3) is 3.05. The van der Waals surface area contributed by atoms with Crippen molar-refractivity contribution in [3.63, 3.8) is 0 Å². The summed E-state index contributed by atoms with van der Waals surface area (Å²) in [5, 5.41) is 3.38. The molecule has 2 rings (SSSR count). The van der Waals surface area contributed by atoms with E-state index in [2.05, 4.69) is 36.5 Å². The minimum Gasteiger partial charge on any atom is -0.376 e. The van der Waals surface area contributed by atoms with Crippen molar-refractivity contribution in [1.82, 2.24) is 5.32 Å². The lowest BCUT2D eigenvalue weighted by Crippen LogP contribution is -2.25. The zero-order valence-electron chi connectivity index (χ0n) is 9.33. The van der Waals surface area contributed by atoms with Gasteiger partial charge in [-0.1, -0.05) is 37.3 Å². The molecule has 1 aliphatic heterocycles. The van der Waals surface area contributed by atoms with Crippen LogP contribution in [0.1, 0.15) is 18.9 Å². The highest BCUT2D eigenvalue weighted by molar-refractivity contribution is 5.13. The average molecular weight is 205 g/mol. The maximum atomic E-state index is 5.77. The lowest BCUT2D eigenvalue weighted by atomic mass is 9.91. The second-order valence-corrected chi connectivity index (χ2v) is 4.72. The summed E-state index contributed by atoms with van der Waals surface area (Å²) in [6.45, 7) is 6.09. The minimum atomic E-state index is 0.342. The number of benzene rings is 1. The van der Waals surface area contributed by atoms with Crippen LogP contribution in [0, 0.1) is 5.41 Å². The zero-order chi connectivity index (χ0) is 10.6. The Hall–Kier alpha value is -0.860. The Balaban J connectivity index is 1.75. The van der Waals surface area contributed by atoms with Gasteiger partial charge in [0.15, 0.2) is 0 Å². The van der Waals surface area contributed by atoms with Crippen LogP contribution in [0.15, 0.2) is 30.3 Å². The quantitative estimate of drug-likeness (QED) is 0.813. The Morgan fingerprint density at radius 2 is 2.13 bits per heavy atom. The van der Waals surface area contributed by atoms with Gasteiger partial charge in [-0.2, -0.15) is 0 Å². The lowest BCUT2D eigenvalue weighted by Gasteiger charge is -2.22. The predicted molar refractivity (Wildman–Crippen MR) is 61.7 cm³/mol. The third-order valence-corrected chi connectivity index (χ3v) is 3.02. The fraction of sp³-hybridized carbons (Fsp3) is 0.538. The highest BCUT2D eigenvalue weighted by atomic mass is 16.5. The van der Waals surface area contributed by atoms with Gasteiger partial charge in [-0.25, -0.2) is 0 Å². The SMILES string of the molecule is CC1(COCc2ccccc2)CCNC1. The maximum absolute atomic E-state index is 5.77. The van der Waals surface area contributed by atoms with E-state index in [4.69, 9.17) is 4.74 Å². The topological polar surface area (TPSA) is 21.3 Å². The number of rotatable bonds is 4. The molecule has 0 amide bonds. The van der Waals surface area contributed by atoms with Crippen LogP contribution in [0.2, 0.25) is 0 Å². The molecule has 0 bridgehead atoms. The normalized spacial score (nSPS) is 25.7. The van der Waals surface area contributed by atoms with Gasteiger partial charge in [-0.15, -0.1) is 0 Å². The molecular weight excluding hydrogens is 186 g/mol. The van der Waals surface area contributed by atoms with Gasteiger partial charge in [0.25, 0.3) is 0 Å².